The third-order valence-corrected chi connectivity index (χ3v) is 0.947. The molecular formula is C4H4F6O2. The highest BCUT2D eigenvalue weighted by Crippen LogP contribution is 2.35. The molecule has 0 aromatic carbocycles. The van der Waals surface area contributed by atoms with Crippen LogP contribution in [0.15, 0.2) is 0 Å². The van der Waals surface area contributed by atoms with Crippen molar-refractivity contribution >= 4 is 0 Å². The molecule has 8 heteroatoms. The molecule has 12 heavy (non-hydrogen) atoms. The lowest BCUT2D eigenvalue weighted by Crippen LogP contribution is -2.46. The Morgan fingerprint density at radius 2 is 1.58 bits per heavy atom. The molecule has 1 atom stereocenters. The van der Waals surface area contributed by atoms with E-state index in [-0.39, 0.29) is 0 Å². The van der Waals surface area contributed by atoms with Gasteiger partial charge in [0.2, 0.25) is 0 Å². The van der Waals surface area contributed by atoms with E-state index in [0.717, 1.165) is 0 Å². The number of hydrogen-bond donors (Lipinski definition) is 0. The van der Waals surface area contributed by atoms with Crippen LogP contribution < -0.4 is 0 Å². The Labute approximate surface area is 63.0 Å². The van der Waals surface area contributed by atoms with Crippen LogP contribution in [0, 0.1) is 0 Å². The van der Waals surface area contributed by atoms with Gasteiger partial charge in [-0.25, -0.2) is 4.39 Å². The molecule has 0 bridgehead atoms. The van der Waals surface area contributed by atoms with Gasteiger partial charge in [0.15, 0.2) is 13.5 Å². The van der Waals surface area contributed by atoms with Crippen molar-refractivity contribution in [2.45, 2.75) is 12.0 Å². The Bertz CT molecular complexity index is 128. The second kappa shape index (κ2) is 3.94. The first kappa shape index (κ1) is 11.5. The summed E-state index contributed by atoms with van der Waals surface area (Å²) in [6.07, 6.45) is -5.54. The lowest BCUT2D eigenvalue weighted by atomic mass is 10.3. The maximum absolute atomic E-state index is 12.3. The molecule has 0 spiro atoms. The van der Waals surface area contributed by atoms with Crippen LogP contribution in [0.4, 0.5) is 26.5 Å². The minimum atomic E-state index is -5.54. The van der Waals surface area contributed by atoms with Crippen molar-refractivity contribution in [1.29, 1.82) is 0 Å². The summed E-state index contributed by atoms with van der Waals surface area (Å²) in [5, 5.41) is 0. The standard InChI is InChI=1S/C4H4F6O2/c5-2-11-3(6,1-12-10)4(7,8)9/h1-2H2. The summed E-state index contributed by atoms with van der Waals surface area (Å²) in [6, 6.07) is 0. The fourth-order valence-electron chi connectivity index (χ4n) is 0.362. The lowest BCUT2D eigenvalue weighted by Gasteiger charge is -2.24. The van der Waals surface area contributed by atoms with E-state index in [1.54, 1.807) is 0 Å². The van der Waals surface area contributed by atoms with E-state index in [0.29, 0.717) is 0 Å². The van der Waals surface area contributed by atoms with Gasteiger partial charge in [-0.3, -0.25) is 0 Å². The van der Waals surface area contributed by atoms with Gasteiger partial charge in [-0.05, 0) is 4.53 Å². The van der Waals surface area contributed by atoms with Gasteiger partial charge < -0.3 is 4.74 Å². The van der Waals surface area contributed by atoms with Gasteiger partial charge in [-0.2, -0.15) is 22.5 Å². The number of alkyl halides is 5. The first-order chi connectivity index (χ1) is 5.37. The number of ether oxygens (including phenoxy) is 1. The van der Waals surface area contributed by atoms with E-state index >= 15 is 0 Å². The summed E-state index contributed by atoms with van der Waals surface area (Å²) in [5.41, 5.74) is 0. The Morgan fingerprint density at radius 3 is 1.83 bits per heavy atom. The zero-order valence-electron chi connectivity index (χ0n) is 5.50. The SMILES string of the molecule is FCOC(F)(COF)C(F)(F)F. The molecular weight excluding hydrogens is 194 g/mol. The monoisotopic (exact) mass is 198 g/mol. The van der Waals surface area contributed by atoms with Gasteiger partial charge >= 0.3 is 12.0 Å². The molecule has 0 N–H and O–H groups in total. The molecule has 2 nitrogen and oxygen atoms in total. The molecule has 0 aromatic rings. The van der Waals surface area contributed by atoms with Crippen molar-refractivity contribution in [2.24, 2.45) is 0 Å². The predicted molar refractivity (Wildman–Crippen MR) is 24.0 cm³/mol. The second-order valence-electron chi connectivity index (χ2n) is 1.73. The van der Waals surface area contributed by atoms with Crippen LogP contribution in [0.3, 0.4) is 0 Å². The molecule has 0 aliphatic heterocycles. The largest absolute Gasteiger partial charge is 0.451 e. The van der Waals surface area contributed by atoms with Gasteiger partial charge in [0.05, 0.1) is 0 Å². The summed E-state index contributed by atoms with van der Waals surface area (Å²) in [4.78, 5) is 2.40. The van der Waals surface area contributed by atoms with E-state index in [9.17, 15) is 26.5 Å². The van der Waals surface area contributed by atoms with Crippen molar-refractivity contribution < 1.29 is 36.2 Å². The van der Waals surface area contributed by atoms with Gasteiger partial charge in [-0.15, -0.1) is 0 Å². The topological polar surface area (TPSA) is 18.5 Å². The van der Waals surface area contributed by atoms with E-state index in [1.807, 2.05) is 0 Å². The summed E-state index contributed by atoms with van der Waals surface area (Å²) in [7, 11) is 0. The molecule has 0 saturated heterocycles. The molecule has 0 amide bonds. The lowest BCUT2D eigenvalue weighted by molar-refractivity contribution is -0.370. The molecule has 0 aromatic heterocycles. The average molecular weight is 198 g/mol. The van der Waals surface area contributed by atoms with Crippen LogP contribution in [0.5, 0.6) is 0 Å². The molecule has 0 aliphatic carbocycles. The molecule has 0 radical (unpaired) electrons. The average Bonchev–Trinajstić information content (AvgIpc) is 1.86. The zero-order valence-corrected chi connectivity index (χ0v) is 5.50. The van der Waals surface area contributed by atoms with E-state index in [1.165, 1.54) is 0 Å². The predicted octanol–water partition coefficient (Wildman–Crippen LogP) is 2.06. The van der Waals surface area contributed by atoms with Crippen LogP contribution in [0.1, 0.15) is 0 Å². The fraction of sp³-hybridized carbons (Fsp3) is 1.00. The Kier molecular flexibility index (Phi) is 3.78. The van der Waals surface area contributed by atoms with E-state index < -0.39 is 25.5 Å². The molecule has 0 fully saturated rings. The molecule has 0 heterocycles. The quantitative estimate of drug-likeness (QED) is 0.643. The van der Waals surface area contributed by atoms with Crippen LogP contribution in [0.25, 0.3) is 0 Å². The van der Waals surface area contributed by atoms with Gasteiger partial charge in [0.25, 0.3) is 0 Å². The van der Waals surface area contributed by atoms with Crippen LogP contribution in [-0.2, 0) is 9.68 Å². The van der Waals surface area contributed by atoms with Crippen LogP contribution in [0.2, 0.25) is 0 Å². The van der Waals surface area contributed by atoms with Crippen LogP contribution in [-0.4, -0.2) is 25.5 Å². The molecule has 1 unspecified atom stereocenters. The summed E-state index contributed by atoms with van der Waals surface area (Å²) in [6.45, 7) is -4.08. The van der Waals surface area contributed by atoms with Crippen molar-refractivity contribution in [1.82, 2.24) is 0 Å². The highest BCUT2D eigenvalue weighted by Gasteiger charge is 2.58. The molecule has 0 aliphatic rings. The van der Waals surface area contributed by atoms with Crippen molar-refractivity contribution in [3.05, 3.63) is 0 Å². The second-order valence-corrected chi connectivity index (χ2v) is 1.73. The number of rotatable bonds is 4. The fourth-order valence-corrected chi connectivity index (χ4v) is 0.362. The van der Waals surface area contributed by atoms with Gasteiger partial charge in [-0.1, -0.05) is 0 Å². The van der Waals surface area contributed by atoms with E-state index in [2.05, 4.69) is 9.68 Å². The zero-order chi connectivity index (χ0) is 9.83. The number of halogens is 6. The van der Waals surface area contributed by atoms with E-state index in [4.69, 9.17) is 0 Å². The summed E-state index contributed by atoms with van der Waals surface area (Å²) < 4.78 is 72.2. The van der Waals surface area contributed by atoms with Crippen molar-refractivity contribution in [2.75, 3.05) is 13.5 Å². The van der Waals surface area contributed by atoms with Crippen LogP contribution >= 0.6 is 0 Å². The Morgan fingerprint density at radius 1 is 1.08 bits per heavy atom. The molecule has 74 valence electrons. The van der Waals surface area contributed by atoms with Gasteiger partial charge in [0.1, 0.15) is 0 Å². The third-order valence-electron chi connectivity index (χ3n) is 0.947. The highest BCUT2D eigenvalue weighted by molar-refractivity contribution is 4.76. The summed E-state index contributed by atoms with van der Waals surface area (Å²) >= 11 is 0. The first-order valence-corrected chi connectivity index (χ1v) is 2.56. The normalized spacial score (nSPS) is 17.5. The third kappa shape index (κ3) is 2.52. The first-order valence-electron chi connectivity index (χ1n) is 2.56. The number of hydrogen-bond acceptors (Lipinski definition) is 2. The maximum atomic E-state index is 12.3. The van der Waals surface area contributed by atoms with Crippen molar-refractivity contribution in [3.8, 4) is 0 Å². The van der Waals surface area contributed by atoms with Gasteiger partial charge in [0, 0.05) is 0 Å². The Hall–Kier alpha value is -0.500. The maximum Gasteiger partial charge on any atom is 0.451 e. The molecule has 0 saturated carbocycles. The summed E-state index contributed by atoms with van der Waals surface area (Å²) in [5.74, 6) is -4.43. The van der Waals surface area contributed by atoms with Crippen molar-refractivity contribution in [3.63, 3.8) is 0 Å². The smallest absolute Gasteiger partial charge is 0.305 e. The molecule has 0 rings (SSSR count). The highest BCUT2D eigenvalue weighted by atomic mass is 19.4. The Balaban J connectivity index is 4.38. The minimum absolute atomic E-state index is 2.03. The minimum Gasteiger partial charge on any atom is -0.305 e.